The Balaban J connectivity index is 1.26. The fourth-order valence-electron chi connectivity index (χ4n) is 4.11. The summed E-state index contributed by atoms with van der Waals surface area (Å²) in [6.07, 6.45) is 1.77. The summed E-state index contributed by atoms with van der Waals surface area (Å²) in [4.78, 5) is 11.2. The number of tetrazole rings is 1. The van der Waals surface area contributed by atoms with Gasteiger partial charge in [0.15, 0.2) is 5.13 Å². The number of nitrogens with zero attached hydrogens (tertiary/aromatic N) is 7. The molecule has 3 aromatic rings. The largest absolute Gasteiger partial charge is 0.394 e. The standard InChI is InChI=1S/C18H19ClFN7OS/c19-13-1-2-14(20)15(5-13)25-7-11-9-26(10-12(11)8-25)18-21-6-16(29-18)17-22-24-27(23-17)3-4-28/h1-2,5-6,11-12,28H,3-4,7-10H2. The average molecular weight is 436 g/mol. The molecule has 5 rings (SSSR count). The van der Waals surface area contributed by atoms with Crippen molar-refractivity contribution in [1.29, 1.82) is 0 Å². The van der Waals surface area contributed by atoms with Crippen LogP contribution in [0.25, 0.3) is 10.7 Å². The Morgan fingerprint density at radius 3 is 2.69 bits per heavy atom. The molecular formula is C18H19ClFN7OS. The van der Waals surface area contributed by atoms with Gasteiger partial charge in [-0.25, -0.2) is 9.37 Å². The van der Waals surface area contributed by atoms with E-state index in [-0.39, 0.29) is 12.4 Å². The summed E-state index contributed by atoms with van der Waals surface area (Å²) in [7, 11) is 0. The lowest BCUT2D eigenvalue weighted by Gasteiger charge is -2.23. The molecule has 0 amide bonds. The van der Waals surface area contributed by atoms with Crippen LogP contribution in [-0.4, -0.2) is 63.1 Å². The third-order valence-corrected chi connectivity index (χ3v) is 6.76. The lowest BCUT2D eigenvalue weighted by Crippen LogP contribution is -2.29. The molecule has 4 heterocycles. The van der Waals surface area contributed by atoms with E-state index >= 15 is 0 Å². The van der Waals surface area contributed by atoms with Crippen LogP contribution in [0.5, 0.6) is 0 Å². The number of anilines is 2. The number of benzene rings is 1. The highest BCUT2D eigenvalue weighted by molar-refractivity contribution is 7.18. The molecule has 2 fully saturated rings. The van der Waals surface area contributed by atoms with Crippen LogP contribution in [0.3, 0.4) is 0 Å². The van der Waals surface area contributed by atoms with Gasteiger partial charge >= 0.3 is 0 Å². The van der Waals surface area contributed by atoms with E-state index in [0.717, 1.165) is 36.2 Å². The molecule has 2 saturated heterocycles. The first-order valence-corrected chi connectivity index (χ1v) is 10.6. The topological polar surface area (TPSA) is 83.2 Å². The van der Waals surface area contributed by atoms with E-state index in [2.05, 4.69) is 30.2 Å². The van der Waals surface area contributed by atoms with Crippen molar-refractivity contribution in [3.63, 3.8) is 0 Å². The van der Waals surface area contributed by atoms with Gasteiger partial charge in [0.05, 0.1) is 29.9 Å². The quantitative estimate of drug-likeness (QED) is 0.657. The molecule has 2 aliphatic rings. The zero-order chi connectivity index (χ0) is 20.0. The summed E-state index contributed by atoms with van der Waals surface area (Å²) >= 11 is 7.59. The van der Waals surface area contributed by atoms with Crippen LogP contribution in [0, 0.1) is 17.7 Å². The van der Waals surface area contributed by atoms with Crippen molar-refractivity contribution in [3.05, 3.63) is 35.2 Å². The third kappa shape index (κ3) is 3.56. The summed E-state index contributed by atoms with van der Waals surface area (Å²) in [6.45, 7) is 3.69. The zero-order valence-electron chi connectivity index (χ0n) is 15.4. The predicted molar refractivity (Wildman–Crippen MR) is 109 cm³/mol. The Labute approximate surface area is 175 Å². The molecule has 0 saturated carbocycles. The number of rotatable bonds is 5. The van der Waals surface area contributed by atoms with Gasteiger partial charge in [0.25, 0.3) is 0 Å². The Hall–Kier alpha value is -2.30. The summed E-state index contributed by atoms with van der Waals surface area (Å²) in [5.41, 5.74) is 0.590. The number of aliphatic hydroxyl groups excluding tert-OH is 1. The molecule has 0 aliphatic carbocycles. The second kappa shape index (κ2) is 7.51. The molecular weight excluding hydrogens is 417 g/mol. The number of aliphatic hydroxyl groups is 1. The van der Waals surface area contributed by atoms with Gasteiger partial charge in [-0.05, 0) is 23.4 Å². The fourth-order valence-corrected chi connectivity index (χ4v) is 5.14. The van der Waals surface area contributed by atoms with E-state index in [1.165, 1.54) is 22.2 Å². The lowest BCUT2D eigenvalue weighted by molar-refractivity contribution is 0.259. The minimum Gasteiger partial charge on any atom is -0.394 e. The van der Waals surface area contributed by atoms with Gasteiger partial charge in [0.2, 0.25) is 5.82 Å². The molecule has 2 unspecified atom stereocenters. The molecule has 2 atom stereocenters. The van der Waals surface area contributed by atoms with E-state index < -0.39 is 0 Å². The highest BCUT2D eigenvalue weighted by atomic mass is 35.5. The van der Waals surface area contributed by atoms with Crippen LogP contribution >= 0.6 is 22.9 Å². The van der Waals surface area contributed by atoms with Gasteiger partial charge in [0.1, 0.15) is 5.82 Å². The number of hydrogen-bond donors (Lipinski definition) is 1. The van der Waals surface area contributed by atoms with Crippen LogP contribution in [0.1, 0.15) is 0 Å². The summed E-state index contributed by atoms with van der Waals surface area (Å²) < 4.78 is 14.2. The van der Waals surface area contributed by atoms with Crippen molar-refractivity contribution >= 4 is 33.8 Å². The molecule has 2 aromatic heterocycles. The van der Waals surface area contributed by atoms with Gasteiger partial charge in [-0.1, -0.05) is 22.9 Å². The van der Waals surface area contributed by atoms with Crippen molar-refractivity contribution in [1.82, 2.24) is 25.2 Å². The second-order valence-electron chi connectivity index (χ2n) is 7.37. The molecule has 29 heavy (non-hydrogen) atoms. The van der Waals surface area contributed by atoms with Crippen LogP contribution in [-0.2, 0) is 6.54 Å². The van der Waals surface area contributed by atoms with Crippen molar-refractivity contribution in [3.8, 4) is 10.7 Å². The van der Waals surface area contributed by atoms with Crippen molar-refractivity contribution in [2.24, 2.45) is 11.8 Å². The number of halogens is 2. The second-order valence-corrected chi connectivity index (χ2v) is 8.81. The van der Waals surface area contributed by atoms with Gasteiger partial charge in [0, 0.05) is 43.0 Å². The van der Waals surface area contributed by atoms with Crippen LogP contribution in [0.4, 0.5) is 15.2 Å². The molecule has 0 bridgehead atoms. The van der Waals surface area contributed by atoms with Gasteiger partial charge in [-0.3, -0.25) is 0 Å². The summed E-state index contributed by atoms with van der Waals surface area (Å²) in [5.74, 6) is 1.22. The Morgan fingerprint density at radius 1 is 1.17 bits per heavy atom. The number of hydrogen-bond acceptors (Lipinski definition) is 8. The predicted octanol–water partition coefficient (Wildman–Crippen LogP) is 2.15. The minimum atomic E-state index is -0.225. The lowest BCUT2D eigenvalue weighted by atomic mass is 10.0. The normalized spacial score (nSPS) is 21.2. The molecule has 0 spiro atoms. The maximum absolute atomic E-state index is 14.2. The van der Waals surface area contributed by atoms with E-state index in [1.54, 1.807) is 18.3 Å². The van der Waals surface area contributed by atoms with Crippen molar-refractivity contribution in [2.45, 2.75) is 6.54 Å². The number of fused-ring (bicyclic) bond motifs is 1. The molecule has 1 aromatic carbocycles. The van der Waals surface area contributed by atoms with Crippen LogP contribution < -0.4 is 9.80 Å². The molecule has 2 aliphatic heterocycles. The first-order valence-electron chi connectivity index (χ1n) is 9.40. The van der Waals surface area contributed by atoms with Crippen molar-refractivity contribution < 1.29 is 9.50 Å². The van der Waals surface area contributed by atoms with Gasteiger partial charge < -0.3 is 14.9 Å². The van der Waals surface area contributed by atoms with Crippen molar-refractivity contribution in [2.75, 3.05) is 42.6 Å². The smallest absolute Gasteiger partial charge is 0.216 e. The van der Waals surface area contributed by atoms with E-state index in [4.69, 9.17) is 16.7 Å². The Kier molecular flexibility index (Phi) is 4.84. The third-order valence-electron chi connectivity index (χ3n) is 5.47. The molecule has 0 radical (unpaired) electrons. The van der Waals surface area contributed by atoms with Crippen LogP contribution in [0.2, 0.25) is 5.02 Å². The SMILES string of the molecule is OCCn1nnc(-c2cnc(N3CC4CN(c5cc(Cl)ccc5F)CC4C3)s2)n1. The van der Waals surface area contributed by atoms with Crippen LogP contribution in [0.15, 0.2) is 24.4 Å². The maximum Gasteiger partial charge on any atom is 0.216 e. The van der Waals surface area contributed by atoms with E-state index in [1.807, 2.05) is 0 Å². The van der Waals surface area contributed by atoms with E-state index in [0.29, 0.717) is 34.9 Å². The maximum atomic E-state index is 14.2. The fraction of sp³-hybridized carbons (Fsp3) is 0.444. The summed E-state index contributed by atoms with van der Waals surface area (Å²) in [5, 5.41) is 22.7. The minimum absolute atomic E-state index is 0.0314. The highest BCUT2D eigenvalue weighted by Crippen LogP contribution is 2.39. The molecule has 11 heteroatoms. The number of aromatic nitrogens is 5. The average Bonchev–Trinajstić information content (AvgIpc) is 3.46. The van der Waals surface area contributed by atoms with Gasteiger partial charge in [-0.2, -0.15) is 4.80 Å². The first kappa shape index (κ1) is 18.7. The highest BCUT2D eigenvalue weighted by Gasteiger charge is 2.41. The molecule has 1 N–H and O–H groups in total. The Bertz CT molecular complexity index is 1010. The van der Waals surface area contributed by atoms with E-state index in [9.17, 15) is 4.39 Å². The summed E-state index contributed by atoms with van der Waals surface area (Å²) in [6, 6.07) is 4.72. The van der Waals surface area contributed by atoms with Gasteiger partial charge in [-0.15, -0.1) is 10.2 Å². The number of thiazole rings is 1. The monoisotopic (exact) mass is 435 g/mol. The Morgan fingerprint density at radius 2 is 1.93 bits per heavy atom. The zero-order valence-corrected chi connectivity index (χ0v) is 17.0. The molecule has 8 nitrogen and oxygen atoms in total. The first-order chi connectivity index (χ1) is 14.1. The molecule has 152 valence electrons.